The van der Waals surface area contributed by atoms with E-state index >= 15 is 0 Å². The number of ether oxygens (including phenoxy) is 1. The van der Waals surface area contributed by atoms with Gasteiger partial charge in [0.25, 0.3) is 0 Å². The van der Waals surface area contributed by atoms with Crippen molar-refractivity contribution in [2.45, 2.75) is 51.5 Å². The molecule has 1 saturated carbocycles. The Balaban J connectivity index is 2.27. The topological polar surface area (TPSA) is 35.2 Å². The van der Waals surface area contributed by atoms with Gasteiger partial charge in [0.05, 0.1) is 0 Å². The van der Waals surface area contributed by atoms with E-state index < -0.39 is 0 Å². The van der Waals surface area contributed by atoms with Crippen molar-refractivity contribution in [1.29, 1.82) is 0 Å². The van der Waals surface area contributed by atoms with Gasteiger partial charge in [0.2, 0.25) is 0 Å². The molecule has 0 radical (unpaired) electrons. The van der Waals surface area contributed by atoms with Crippen molar-refractivity contribution < 1.29 is 4.74 Å². The van der Waals surface area contributed by atoms with Crippen LogP contribution >= 0.6 is 0 Å². The summed E-state index contributed by atoms with van der Waals surface area (Å²) in [5, 5.41) is 0. The summed E-state index contributed by atoms with van der Waals surface area (Å²) in [6.45, 7) is 3.11. The van der Waals surface area contributed by atoms with Gasteiger partial charge in [-0.2, -0.15) is 0 Å². The number of hydrogen-bond donors (Lipinski definition) is 1. The van der Waals surface area contributed by atoms with Gasteiger partial charge in [0.15, 0.2) is 0 Å². The van der Waals surface area contributed by atoms with E-state index in [1.54, 1.807) is 7.11 Å². The minimum atomic E-state index is 0.365. The number of hydrogen-bond acceptors (Lipinski definition) is 2. The molecular formula is C12H25NO. The number of nitrogens with two attached hydrogens (primary N) is 1. The summed E-state index contributed by atoms with van der Waals surface area (Å²) in [7, 11) is 1.75. The summed E-state index contributed by atoms with van der Waals surface area (Å²) in [6, 6.07) is 0.365. The van der Waals surface area contributed by atoms with Crippen LogP contribution in [0.15, 0.2) is 0 Å². The fourth-order valence-electron chi connectivity index (χ4n) is 2.58. The van der Waals surface area contributed by atoms with Crippen molar-refractivity contribution in [2.24, 2.45) is 17.6 Å². The van der Waals surface area contributed by atoms with Crippen molar-refractivity contribution in [3.8, 4) is 0 Å². The zero-order valence-corrected chi connectivity index (χ0v) is 9.67. The van der Waals surface area contributed by atoms with E-state index in [-0.39, 0.29) is 0 Å². The van der Waals surface area contributed by atoms with Crippen LogP contribution in [0.1, 0.15) is 45.4 Å². The van der Waals surface area contributed by atoms with Crippen LogP contribution < -0.4 is 5.73 Å². The molecule has 84 valence electrons. The average molecular weight is 199 g/mol. The summed E-state index contributed by atoms with van der Waals surface area (Å²) < 4.78 is 5.08. The molecule has 1 fully saturated rings. The normalized spacial score (nSPS) is 30.2. The molecule has 3 atom stereocenters. The molecule has 1 aliphatic carbocycles. The molecule has 1 rings (SSSR count). The lowest BCUT2D eigenvalue weighted by atomic mass is 9.76. The third-order valence-corrected chi connectivity index (χ3v) is 3.66. The monoisotopic (exact) mass is 199 g/mol. The maximum Gasteiger partial charge on any atom is 0.0477 e. The molecule has 0 bridgehead atoms. The standard InChI is InChI=1S/C12H25NO/c1-3-10-5-4-6-11(9-10)12(13)7-8-14-2/h10-12H,3-9,13H2,1-2H3. The van der Waals surface area contributed by atoms with Gasteiger partial charge in [-0.3, -0.25) is 0 Å². The van der Waals surface area contributed by atoms with Gasteiger partial charge in [-0.05, 0) is 31.1 Å². The Morgan fingerprint density at radius 1 is 1.43 bits per heavy atom. The molecule has 2 heteroatoms. The first-order valence-corrected chi connectivity index (χ1v) is 6.02. The smallest absolute Gasteiger partial charge is 0.0477 e. The third kappa shape index (κ3) is 3.58. The van der Waals surface area contributed by atoms with Gasteiger partial charge in [0.1, 0.15) is 0 Å². The predicted molar refractivity (Wildman–Crippen MR) is 60.2 cm³/mol. The Labute approximate surface area is 88.2 Å². The van der Waals surface area contributed by atoms with Gasteiger partial charge in [-0.1, -0.05) is 26.2 Å². The average Bonchev–Trinajstić information content (AvgIpc) is 2.26. The van der Waals surface area contributed by atoms with Gasteiger partial charge in [-0.15, -0.1) is 0 Å². The van der Waals surface area contributed by atoms with E-state index in [9.17, 15) is 0 Å². The summed E-state index contributed by atoms with van der Waals surface area (Å²) in [4.78, 5) is 0. The first-order valence-electron chi connectivity index (χ1n) is 6.02. The number of methoxy groups -OCH3 is 1. The predicted octanol–water partition coefficient (Wildman–Crippen LogP) is 2.57. The summed E-state index contributed by atoms with van der Waals surface area (Å²) in [5.41, 5.74) is 6.17. The van der Waals surface area contributed by atoms with E-state index in [4.69, 9.17) is 10.5 Å². The highest BCUT2D eigenvalue weighted by molar-refractivity contribution is 4.79. The molecular weight excluding hydrogens is 174 g/mol. The van der Waals surface area contributed by atoms with Crippen LogP contribution in [0.4, 0.5) is 0 Å². The summed E-state index contributed by atoms with van der Waals surface area (Å²) in [6.07, 6.45) is 7.84. The van der Waals surface area contributed by atoms with Crippen LogP contribution in [0, 0.1) is 11.8 Å². The van der Waals surface area contributed by atoms with E-state index in [0.717, 1.165) is 24.9 Å². The van der Waals surface area contributed by atoms with Crippen LogP contribution in [0.2, 0.25) is 0 Å². The Morgan fingerprint density at radius 2 is 2.21 bits per heavy atom. The van der Waals surface area contributed by atoms with Crippen LogP contribution in [-0.2, 0) is 4.74 Å². The molecule has 0 aliphatic heterocycles. The molecule has 0 spiro atoms. The summed E-state index contributed by atoms with van der Waals surface area (Å²) in [5.74, 6) is 1.69. The van der Waals surface area contributed by atoms with Gasteiger partial charge >= 0.3 is 0 Å². The molecule has 0 aromatic rings. The van der Waals surface area contributed by atoms with E-state index in [1.165, 1.54) is 32.1 Å². The first kappa shape index (κ1) is 12.0. The van der Waals surface area contributed by atoms with Crippen molar-refractivity contribution in [1.82, 2.24) is 0 Å². The lowest BCUT2D eigenvalue weighted by molar-refractivity contribution is 0.160. The van der Waals surface area contributed by atoms with Crippen molar-refractivity contribution in [3.63, 3.8) is 0 Å². The largest absolute Gasteiger partial charge is 0.385 e. The highest BCUT2D eigenvalue weighted by atomic mass is 16.5. The lowest BCUT2D eigenvalue weighted by Crippen LogP contribution is -2.34. The molecule has 2 nitrogen and oxygen atoms in total. The second-order valence-electron chi connectivity index (χ2n) is 4.65. The lowest BCUT2D eigenvalue weighted by Gasteiger charge is -2.32. The maximum atomic E-state index is 6.17. The van der Waals surface area contributed by atoms with Crippen molar-refractivity contribution in [3.05, 3.63) is 0 Å². The van der Waals surface area contributed by atoms with Crippen LogP contribution in [0.5, 0.6) is 0 Å². The van der Waals surface area contributed by atoms with Gasteiger partial charge < -0.3 is 10.5 Å². The van der Waals surface area contributed by atoms with E-state index in [0.29, 0.717) is 6.04 Å². The Morgan fingerprint density at radius 3 is 2.86 bits per heavy atom. The highest BCUT2D eigenvalue weighted by Crippen LogP contribution is 2.32. The van der Waals surface area contributed by atoms with Gasteiger partial charge in [-0.25, -0.2) is 0 Å². The maximum absolute atomic E-state index is 6.17. The quantitative estimate of drug-likeness (QED) is 0.738. The third-order valence-electron chi connectivity index (χ3n) is 3.66. The summed E-state index contributed by atoms with van der Waals surface area (Å²) >= 11 is 0. The van der Waals surface area contributed by atoms with Crippen molar-refractivity contribution >= 4 is 0 Å². The molecule has 0 saturated heterocycles. The van der Waals surface area contributed by atoms with Crippen LogP contribution in [0.25, 0.3) is 0 Å². The molecule has 2 N–H and O–H groups in total. The zero-order valence-electron chi connectivity index (χ0n) is 9.67. The van der Waals surface area contributed by atoms with Crippen molar-refractivity contribution in [2.75, 3.05) is 13.7 Å². The first-order chi connectivity index (χ1) is 6.77. The second kappa shape index (κ2) is 6.41. The van der Waals surface area contributed by atoms with E-state index in [2.05, 4.69) is 6.92 Å². The van der Waals surface area contributed by atoms with E-state index in [1.807, 2.05) is 0 Å². The zero-order chi connectivity index (χ0) is 10.4. The second-order valence-corrected chi connectivity index (χ2v) is 4.65. The Bertz CT molecular complexity index is 149. The molecule has 3 unspecified atom stereocenters. The minimum absolute atomic E-state index is 0.365. The molecule has 0 aromatic carbocycles. The SMILES string of the molecule is CCC1CCCC(C(N)CCOC)C1. The molecule has 0 heterocycles. The molecule has 0 aromatic heterocycles. The molecule has 0 amide bonds. The highest BCUT2D eigenvalue weighted by Gasteiger charge is 2.25. The number of rotatable bonds is 5. The van der Waals surface area contributed by atoms with Crippen LogP contribution in [-0.4, -0.2) is 19.8 Å². The Kier molecular flexibility index (Phi) is 5.49. The fourth-order valence-corrected chi connectivity index (χ4v) is 2.58. The van der Waals surface area contributed by atoms with Gasteiger partial charge in [0, 0.05) is 19.8 Å². The molecule has 1 aliphatic rings. The minimum Gasteiger partial charge on any atom is -0.385 e. The fraction of sp³-hybridized carbons (Fsp3) is 1.00. The Hall–Kier alpha value is -0.0800. The van der Waals surface area contributed by atoms with Crippen LogP contribution in [0.3, 0.4) is 0 Å². The molecule has 14 heavy (non-hydrogen) atoms.